The molecule has 0 aliphatic carbocycles. The Balaban J connectivity index is 2.18. The molecular formula is C11H13ClF3NO2. The molecule has 102 valence electrons. The fraction of sp³-hybridized carbons (Fsp3) is 0.455. The summed E-state index contributed by atoms with van der Waals surface area (Å²) in [5.74, 6) is 0.446. The second-order valence-corrected chi connectivity index (χ2v) is 3.97. The summed E-state index contributed by atoms with van der Waals surface area (Å²) in [6.45, 7) is -1.04. The topological polar surface area (TPSA) is 44.5 Å². The second-order valence-electron chi connectivity index (χ2n) is 3.56. The lowest BCUT2D eigenvalue weighted by Crippen LogP contribution is -2.18. The Hall–Kier alpha value is -1.14. The lowest BCUT2D eigenvalue weighted by Gasteiger charge is -2.09. The van der Waals surface area contributed by atoms with E-state index in [1.807, 2.05) is 0 Å². The van der Waals surface area contributed by atoms with Crippen LogP contribution < -0.4 is 10.5 Å². The van der Waals surface area contributed by atoms with Crippen molar-refractivity contribution in [2.24, 2.45) is 0 Å². The molecule has 3 nitrogen and oxygen atoms in total. The van der Waals surface area contributed by atoms with E-state index in [-0.39, 0.29) is 13.2 Å². The van der Waals surface area contributed by atoms with E-state index in [1.165, 1.54) is 6.07 Å². The average molecular weight is 284 g/mol. The summed E-state index contributed by atoms with van der Waals surface area (Å²) < 4.78 is 44.9. The van der Waals surface area contributed by atoms with Gasteiger partial charge in [0.15, 0.2) is 0 Å². The molecule has 0 radical (unpaired) electrons. The van der Waals surface area contributed by atoms with Gasteiger partial charge in [-0.05, 0) is 18.2 Å². The van der Waals surface area contributed by atoms with Gasteiger partial charge < -0.3 is 15.2 Å². The molecule has 0 atom stereocenters. The van der Waals surface area contributed by atoms with Crippen LogP contribution in [-0.2, 0) is 4.74 Å². The van der Waals surface area contributed by atoms with Crippen LogP contribution in [0.3, 0.4) is 0 Å². The Bertz CT molecular complexity index is 385. The normalized spacial score (nSPS) is 11.6. The number of alkyl halides is 3. The molecule has 2 N–H and O–H groups in total. The number of halogens is 4. The zero-order valence-corrected chi connectivity index (χ0v) is 10.2. The molecule has 0 fully saturated rings. The first-order valence-corrected chi connectivity index (χ1v) is 5.58. The Morgan fingerprint density at radius 3 is 2.56 bits per heavy atom. The van der Waals surface area contributed by atoms with Crippen molar-refractivity contribution >= 4 is 17.3 Å². The summed E-state index contributed by atoms with van der Waals surface area (Å²) in [7, 11) is 0. The Kier molecular flexibility index (Phi) is 5.55. The van der Waals surface area contributed by atoms with Crippen molar-refractivity contribution in [1.82, 2.24) is 0 Å². The van der Waals surface area contributed by atoms with Gasteiger partial charge in [0.1, 0.15) is 12.4 Å². The van der Waals surface area contributed by atoms with Crippen LogP contribution in [0.15, 0.2) is 18.2 Å². The minimum atomic E-state index is -4.29. The highest BCUT2D eigenvalue weighted by Gasteiger charge is 2.27. The van der Waals surface area contributed by atoms with Gasteiger partial charge in [-0.25, -0.2) is 0 Å². The van der Waals surface area contributed by atoms with Crippen LogP contribution in [0.5, 0.6) is 5.75 Å². The number of nitrogens with two attached hydrogens (primary N) is 1. The van der Waals surface area contributed by atoms with Crippen molar-refractivity contribution in [2.75, 3.05) is 25.6 Å². The first kappa shape index (κ1) is 14.9. The van der Waals surface area contributed by atoms with E-state index < -0.39 is 12.8 Å². The quantitative estimate of drug-likeness (QED) is 0.644. The molecule has 1 rings (SSSR count). The van der Waals surface area contributed by atoms with Crippen LogP contribution in [0.1, 0.15) is 6.42 Å². The van der Waals surface area contributed by atoms with Gasteiger partial charge in [-0.3, -0.25) is 0 Å². The summed E-state index contributed by atoms with van der Waals surface area (Å²) in [6, 6.07) is 4.77. The van der Waals surface area contributed by atoms with E-state index in [0.717, 1.165) is 0 Å². The molecule has 0 saturated heterocycles. The molecular weight excluding hydrogens is 271 g/mol. The summed E-state index contributed by atoms with van der Waals surface area (Å²) in [5, 5.41) is 0.367. The number of hydrogen-bond acceptors (Lipinski definition) is 3. The number of nitrogen functional groups attached to an aromatic ring is 1. The van der Waals surface area contributed by atoms with Crippen molar-refractivity contribution in [1.29, 1.82) is 0 Å². The maximum atomic E-state index is 11.7. The predicted molar refractivity (Wildman–Crippen MR) is 62.9 cm³/mol. The number of rotatable bonds is 6. The minimum absolute atomic E-state index is 0.0217. The highest BCUT2D eigenvalue weighted by Crippen LogP contribution is 2.26. The Morgan fingerprint density at radius 2 is 1.94 bits per heavy atom. The minimum Gasteiger partial charge on any atom is -0.492 e. The third-order valence-corrected chi connectivity index (χ3v) is 2.21. The predicted octanol–water partition coefficient (Wildman–Crippen LogP) is 3.27. The van der Waals surface area contributed by atoms with Gasteiger partial charge in [0.2, 0.25) is 0 Å². The fourth-order valence-electron chi connectivity index (χ4n) is 1.17. The molecule has 0 unspecified atom stereocenters. The summed E-state index contributed by atoms with van der Waals surface area (Å²) in [6.07, 6.45) is -3.95. The first-order valence-electron chi connectivity index (χ1n) is 5.21. The van der Waals surface area contributed by atoms with E-state index in [0.29, 0.717) is 22.9 Å². The molecule has 1 aromatic rings. The van der Waals surface area contributed by atoms with Crippen LogP contribution in [0, 0.1) is 0 Å². The van der Waals surface area contributed by atoms with E-state index in [2.05, 4.69) is 4.74 Å². The van der Waals surface area contributed by atoms with Crippen LogP contribution in [0.4, 0.5) is 18.9 Å². The van der Waals surface area contributed by atoms with Gasteiger partial charge in [-0.15, -0.1) is 0 Å². The fourth-order valence-corrected chi connectivity index (χ4v) is 1.41. The van der Waals surface area contributed by atoms with Crippen LogP contribution in [0.25, 0.3) is 0 Å². The molecule has 0 heterocycles. The lowest BCUT2D eigenvalue weighted by atomic mass is 10.3. The number of hydrogen-bond donors (Lipinski definition) is 1. The number of anilines is 1. The van der Waals surface area contributed by atoms with Gasteiger partial charge in [0, 0.05) is 12.1 Å². The molecule has 0 aliphatic rings. The van der Waals surface area contributed by atoms with Crippen molar-refractivity contribution in [3.63, 3.8) is 0 Å². The lowest BCUT2D eigenvalue weighted by molar-refractivity contribution is -0.174. The smallest absolute Gasteiger partial charge is 0.411 e. The van der Waals surface area contributed by atoms with Crippen LogP contribution in [0.2, 0.25) is 5.02 Å². The zero-order chi connectivity index (χ0) is 13.6. The Morgan fingerprint density at radius 1 is 1.22 bits per heavy atom. The third kappa shape index (κ3) is 5.97. The van der Waals surface area contributed by atoms with Crippen molar-refractivity contribution < 1.29 is 22.6 Å². The summed E-state index contributed by atoms with van der Waals surface area (Å²) in [5.41, 5.74) is 6.01. The monoisotopic (exact) mass is 283 g/mol. The maximum absolute atomic E-state index is 11.7. The zero-order valence-electron chi connectivity index (χ0n) is 9.47. The van der Waals surface area contributed by atoms with Crippen molar-refractivity contribution in [3.8, 4) is 5.75 Å². The van der Waals surface area contributed by atoms with E-state index in [4.69, 9.17) is 22.1 Å². The summed E-state index contributed by atoms with van der Waals surface area (Å²) in [4.78, 5) is 0. The molecule has 0 aliphatic heterocycles. The molecule has 0 saturated carbocycles. The molecule has 0 bridgehead atoms. The third-order valence-electron chi connectivity index (χ3n) is 1.91. The van der Waals surface area contributed by atoms with E-state index in [1.54, 1.807) is 12.1 Å². The van der Waals surface area contributed by atoms with E-state index >= 15 is 0 Å². The Labute approximate surface area is 108 Å². The van der Waals surface area contributed by atoms with Gasteiger partial charge in [-0.2, -0.15) is 13.2 Å². The molecule has 0 amide bonds. The number of ether oxygens (including phenoxy) is 2. The highest BCUT2D eigenvalue weighted by atomic mass is 35.5. The molecule has 7 heteroatoms. The molecule has 0 aromatic heterocycles. The van der Waals surface area contributed by atoms with Gasteiger partial charge in [0.25, 0.3) is 0 Å². The van der Waals surface area contributed by atoms with Gasteiger partial charge in [0.05, 0.1) is 18.2 Å². The molecule has 1 aromatic carbocycles. The molecule has 0 spiro atoms. The van der Waals surface area contributed by atoms with Crippen LogP contribution >= 0.6 is 11.6 Å². The maximum Gasteiger partial charge on any atom is 0.411 e. The van der Waals surface area contributed by atoms with Crippen molar-refractivity contribution in [2.45, 2.75) is 12.6 Å². The average Bonchev–Trinajstić information content (AvgIpc) is 2.24. The van der Waals surface area contributed by atoms with E-state index in [9.17, 15) is 13.2 Å². The first-order chi connectivity index (χ1) is 8.38. The largest absolute Gasteiger partial charge is 0.492 e. The van der Waals surface area contributed by atoms with Gasteiger partial charge in [-0.1, -0.05) is 11.6 Å². The standard InChI is InChI=1S/C11H13ClF3NO2/c12-9-6-8(16)2-3-10(9)18-5-1-4-17-7-11(13,14)15/h2-3,6H,1,4-5,7,16H2. The van der Waals surface area contributed by atoms with Crippen LogP contribution in [-0.4, -0.2) is 26.0 Å². The highest BCUT2D eigenvalue weighted by molar-refractivity contribution is 6.32. The summed E-state index contributed by atoms with van der Waals surface area (Å²) >= 11 is 5.84. The van der Waals surface area contributed by atoms with Crippen molar-refractivity contribution in [3.05, 3.63) is 23.2 Å². The number of benzene rings is 1. The van der Waals surface area contributed by atoms with Gasteiger partial charge >= 0.3 is 6.18 Å². The SMILES string of the molecule is Nc1ccc(OCCCOCC(F)(F)F)c(Cl)c1. The second kappa shape index (κ2) is 6.70. The molecule has 18 heavy (non-hydrogen) atoms.